The van der Waals surface area contributed by atoms with E-state index in [1.54, 1.807) is 6.07 Å². The van der Waals surface area contributed by atoms with Gasteiger partial charge in [0, 0.05) is 22.7 Å². The molecule has 34 heavy (non-hydrogen) atoms. The van der Waals surface area contributed by atoms with Crippen LogP contribution in [0.4, 0.5) is 0 Å². The van der Waals surface area contributed by atoms with Crippen molar-refractivity contribution in [1.82, 2.24) is 0 Å². The van der Waals surface area contributed by atoms with Crippen LogP contribution in [0.2, 0.25) is 10.0 Å². The minimum Gasteiger partial charge on any atom is -0.457 e. The molecule has 0 aliphatic carbocycles. The van der Waals surface area contributed by atoms with Crippen molar-refractivity contribution in [2.75, 3.05) is 0 Å². The fourth-order valence-corrected chi connectivity index (χ4v) is 4.24. The molecule has 0 N–H and O–H groups in total. The van der Waals surface area contributed by atoms with Crippen molar-refractivity contribution in [3.8, 4) is 22.6 Å². The maximum Gasteiger partial charge on any atom is 0.127 e. The van der Waals surface area contributed by atoms with Crippen LogP contribution >= 0.6 is 23.2 Å². The van der Waals surface area contributed by atoms with Crippen molar-refractivity contribution in [1.29, 1.82) is 0 Å². The van der Waals surface area contributed by atoms with Crippen LogP contribution in [0.3, 0.4) is 0 Å². The molecule has 4 aromatic carbocycles. The molecule has 2 nitrogen and oxygen atoms in total. The highest BCUT2D eigenvalue weighted by molar-refractivity contribution is 6.35. The first-order chi connectivity index (χ1) is 16.6. The van der Waals surface area contributed by atoms with Gasteiger partial charge in [0.15, 0.2) is 0 Å². The van der Waals surface area contributed by atoms with Gasteiger partial charge in [0.25, 0.3) is 0 Å². The summed E-state index contributed by atoms with van der Waals surface area (Å²) in [6.07, 6.45) is 7.00. The van der Waals surface area contributed by atoms with Crippen LogP contribution in [0, 0.1) is 0 Å². The number of nitrogens with zero attached hydrogens (tertiary/aromatic N) is 1. The first-order valence-electron chi connectivity index (χ1n) is 11.0. The minimum atomic E-state index is 0.614. The third-order valence-corrected chi connectivity index (χ3v) is 6.07. The molecule has 0 aromatic heterocycles. The molecule has 0 atom stereocenters. The number of allylic oxidation sites excluding steroid dienone is 2. The van der Waals surface area contributed by atoms with Crippen LogP contribution in [0.25, 0.3) is 22.9 Å². The average Bonchev–Trinajstić information content (AvgIpc) is 3.33. The van der Waals surface area contributed by atoms with Gasteiger partial charge < -0.3 is 4.74 Å². The average molecular weight is 482 g/mol. The Kier molecular flexibility index (Phi) is 6.62. The van der Waals surface area contributed by atoms with Crippen LogP contribution in [-0.4, -0.2) is 5.71 Å². The monoisotopic (exact) mass is 481 g/mol. The number of hydrogen-bond acceptors (Lipinski definition) is 2. The lowest BCUT2D eigenvalue weighted by molar-refractivity contribution is 0.483. The van der Waals surface area contributed by atoms with Gasteiger partial charge in [0.05, 0.1) is 10.7 Å². The van der Waals surface area contributed by atoms with Crippen molar-refractivity contribution >= 4 is 40.7 Å². The van der Waals surface area contributed by atoms with E-state index in [4.69, 9.17) is 32.9 Å². The summed E-state index contributed by atoms with van der Waals surface area (Å²) in [5, 5.41) is 1.24. The summed E-state index contributed by atoms with van der Waals surface area (Å²) < 4.78 is 5.88. The molecule has 1 aliphatic heterocycles. The topological polar surface area (TPSA) is 21.6 Å². The number of rotatable bonds is 6. The molecule has 1 heterocycles. The normalized spacial score (nSPS) is 13.1. The van der Waals surface area contributed by atoms with Crippen LogP contribution in [-0.2, 0) is 0 Å². The molecule has 0 amide bonds. The molecule has 0 saturated carbocycles. The zero-order valence-electron chi connectivity index (χ0n) is 18.3. The van der Waals surface area contributed by atoms with Crippen molar-refractivity contribution < 1.29 is 4.74 Å². The quantitative estimate of drug-likeness (QED) is 0.268. The van der Waals surface area contributed by atoms with E-state index in [2.05, 4.69) is 54.6 Å². The summed E-state index contributed by atoms with van der Waals surface area (Å²) in [6.45, 7) is 0. The van der Waals surface area contributed by atoms with Gasteiger partial charge in [0.2, 0.25) is 0 Å². The van der Waals surface area contributed by atoms with Gasteiger partial charge in [-0.05, 0) is 65.2 Å². The van der Waals surface area contributed by atoms with Crippen molar-refractivity contribution in [3.63, 3.8) is 0 Å². The van der Waals surface area contributed by atoms with Gasteiger partial charge in [-0.25, -0.2) is 0 Å². The largest absolute Gasteiger partial charge is 0.457 e. The molecule has 0 bridgehead atoms. The van der Waals surface area contributed by atoms with Gasteiger partial charge in [-0.2, -0.15) is 0 Å². The van der Waals surface area contributed by atoms with E-state index in [-0.39, 0.29) is 0 Å². The van der Waals surface area contributed by atoms with Crippen molar-refractivity contribution in [2.45, 2.75) is 6.42 Å². The Balaban J connectivity index is 1.23. The van der Waals surface area contributed by atoms with E-state index in [1.807, 2.05) is 54.6 Å². The van der Waals surface area contributed by atoms with E-state index in [0.29, 0.717) is 10.0 Å². The molecular formula is C30H21Cl2NO. The molecular weight excluding hydrogens is 461 g/mol. The minimum absolute atomic E-state index is 0.614. The van der Waals surface area contributed by atoms with Crippen LogP contribution in [0.1, 0.15) is 17.5 Å². The molecule has 166 valence electrons. The molecule has 4 heteroatoms. The Morgan fingerprint density at radius 3 is 2.09 bits per heavy atom. The summed E-state index contributed by atoms with van der Waals surface area (Å²) >= 11 is 12.3. The lowest BCUT2D eigenvalue weighted by atomic mass is 10.0. The van der Waals surface area contributed by atoms with Crippen LogP contribution < -0.4 is 4.74 Å². The van der Waals surface area contributed by atoms with Gasteiger partial charge in [-0.1, -0.05) is 90.0 Å². The molecule has 4 aromatic rings. The standard InChI is InChI=1S/C30H21Cl2NO/c31-24-13-18-28(29(32)20-24)30-19-15-25(33-30)14-8-21-6-9-22(10-7-21)23-11-16-27(17-12-23)34-26-4-2-1-3-5-26/h1-14,16-20H,15H2/b14-8+. The molecule has 0 fully saturated rings. The fraction of sp³-hybridized carbons (Fsp3) is 0.0333. The zero-order valence-corrected chi connectivity index (χ0v) is 19.8. The first-order valence-corrected chi connectivity index (χ1v) is 11.7. The van der Waals surface area contributed by atoms with Gasteiger partial charge in [0.1, 0.15) is 11.5 Å². The lowest BCUT2D eigenvalue weighted by Gasteiger charge is -2.07. The maximum atomic E-state index is 6.32. The fourth-order valence-electron chi connectivity index (χ4n) is 3.74. The second-order valence-electron chi connectivity index (χ2n) is 7.92. The number of para-hydroxylation sites is 1. The predicted molar refractivity (Wildman–Crippen MR) is 144 cm³/mol. The molecule has 0 unspecified atom stereocenters. The van der Waals surface area contributed by atoms with Gasteiger partial charge in [-0.3, -0.25) is 4.99 Å². The number of benzene rings is 4. The Bertz CT molecular complexity index is 1390. The highest BCUT2D eigenvalue weighted by Crippen LogP contribution is 2.31. The Morgan fingerprint density at radius 1 is 0.706 bits per heavy atom. The summed E-state index contributed by atoms with van der Waals surface area (Å²) in [6, 6.07) is 31.9. The molecule has 5 rings (SSSR count). The molecule has 0 saturated heterocycles. The van der Waals surface area contributed by atoms with E-state index < -0.39 is 0 Å². The number of hydrogen-bond donors (Lipinski definition) is 0. The number of aliphatic imine (C=N–C) groups is 1. The second kappa shape index (κ2) is 10.1. The van der Waals surface area contributed by atoms with Gasteiger partial charge >= 0.3 is 0 Å². The predicted octanol–water partition coefficient (Wildman–Crippen LogP) is 9.35. The van der Waals surface area contributed by atoms with E-state index in [9.17, 15) is 0 Å². The van der Waals surface area contributed by atoms with Crippen molar-refractivity contribution in [2.24, 2.45) is 4.99 Å². The lowest BCUT2D eigenvalue weighted by Crippen LogP contribution is -1.86. The van der Waals surface area contributed by atoms with Crippen molar-refractivity contribution in [3.05, 3.63) is 130 Å². The first kappa shape index (κ1) is 22.2. The number of ether oxygens (including phenoxy) is 1. The number of halogens is 2. The molecule has 0 spiro atoms. The summed E-state index contributed by atoms with van der Waals surface area (Å²) in [4.78, 5) is 4.72. The smallest absolute Gasteiger partial charge is 0.127 e. The summed E-state index contributed by atoms with van der Waals surface area (Å²) in [7, 11) is 0. The highest BCUT2D eigenvalue weighted by Gasteiger charge is 2.12. The third-order valence-electron chi connectivity index (χ3n) is 5.52. The molecule has 0 radical (unpaired) electrons. The zero-order chi connectivity index (χ0) is 23.3. The Morgan fingerprint density at radius 2 is 1.38 bits per heavy atom. The Hall–Kier alpha value is -3.59. The Labute approximate surface area is 209 Å². The second-order valence-corrected chi connectivity index (χ2v) is 8.76. The SMILES string of the molecule is Clc1ccc(C2=CCC(/C=C/c3ccc(-c4ccc(Oc5ccccc5)cc4)cc3)=N2)c(Cl)c1. The molecule has 1 aliphatic rings. The summed E-state index contributed by atoms with van der Waals surface area (Å²) in [5.74, 6) is 1.65. The van der Waals surface area contributed by atoms with Crippen LogP contribution in [0.15, 0.2) is 114 Å². The van der Waals surface area contributed by atoms with Gasteiger partial charge in [-0.15, -0.1) is 0 Å². The maximum absolute atomic E-state index is 6.32. The highest BCUT2D eigenvalue weighted by atomic mass is 35.5. The van der Waals surface area contributed by atoms with Crippen LogP contribution in [0.5, 0.6) is 11.5 Å². The summed E-state index contributed by atoms with van der Waals surface area (Å²) in [5.41, 5.74) is 6.20. The van der Waals surface area contributed by atoms with E-state index in [1.165, 1.54) is 0 Å². The van der Waals surface area contributed by atoms with E-state index in [0.717, 1.165) is 51.6 Å². The third kappa shape index (κ3) is 5.31. The van der Waals surface area contributed by atoms with E-state index >= 15 is 0 Å².